The smallest absolute Gasteiger partial charge is 0.261 e. The van der Waals surface area contributed by atoms with E-state index < -0.39 is 0 Å². The fourth-order valence-electron chi connectivity index (χ4n) is 2.80. The Balaban J connectivity index is 1.86. The summed E-state index contributed by atoms with van der Waals surface area (Å²) in [6, 6.07) is 6.85. The van der Waals surface area contributed by atoms with E-state index in [9.17, 15) is 14.4 Å². The van der Waals surface area contributed by atoms with Crippen LogP contribution in [-0.2, 0) is 4.79 Å². The minimum Gasteiger partial charge on any atom is -0.343 e. The number of fused-ring (bicyclic) bond motifs is 1. The normalized spacial score (nSPS) is 13.4. The van der Waals surface area contributed by atoms with Gasteiger partial charge < -0.3 is 4.90 Å². The summed E-state index contributed by atoms with van der Waals surface area (Å²) < 4.78 is 0. The first-order chi connectivity index (χ1) is 11.1. The summed E-state index contributed by atoms with van der Waals surface area (Å²) in [7, 11) is 0. The molecule has 1 aromatic carbocycles. The van der Waals surface area contributed by atoms with Crippen molar-refractivity contribution in [2.45, 2.75) is 39.5 Å². The fourth-order valence-corrected chi connectivity index (χ4v) is 2.80. The molecule has 5 heteroatoms. The van der Waals surface area contributed by atoms with Crippen molar-refractivity contribution in [3.8, 4) is 0 Å². The van der Waals surface area contributed by atoms with Crippen LogP contribution in [0.25, 0.3) is 0 Å². The van der Waals surface area contributed by atoms with E-state index >= 15 is 0 Å². The van der Waals surface area contributed by atoms with Crippen LogP contribution in [0.4, 0.5) is 0 Å². The van der Waals surface area contributed by atoms with E-state index in [1.54, 1.807) is 24.3 Å². The van der Waals surface area contributed by atoms with Crippen LogP contribution in [0.3, 0.4) is 0 Å². The van der Waals surface area contributed by atoms with Gasteiger partial charge in [-0.05, 0) is 31.9 Å². The molecule has 0 fully saturated rings. The van der Waals surface area contributed by atoms with E-state index in [1.807, 2.05) is 11.8 Å². The fraction of sp³-hybridized carbons (Fsp3) is 0.500. The molecule has 0 saturated carbocycles. The van der Waals surface area contributed by atoms with Crippen LogP contribution in [0, 0.1) is 0 Å². The molecule has 0 atom stereocenters. The van der Waals surface area contributed by atoms with Crippen molar-refractivity contribution in [3.63, 3.8) is 0 Å². The van der Waals surface area contributed by atoms with Gasteiger partial charge in [-0.15, -0.1) is 0 Å². The minimum absolute atomic E-state index is 0.0950. The molecule has 1 aliphatic rings. The molecule has 1 aromatic rings. The Morgan fingerprint density at radius 3 is 2.17 bits per heavy atom. The van der Waals surface area contributed by atoms with Gasteiger partial charge in [-0.25, -0.2) is 0 Å². The van der Waals surface area contributed by atoms with Gasteiger partial charge in [-0.2, -0.15) is 0 Å². The predicted molar refractivity (Wildman–Crippen MR) is 88.2 cm³/mol. The second-order valence-electron chi connectivity index (χ2n) is 5.74. The molecule has 0 spiro atoms. The number of rotatable bonds is 8. The molecule has 0 saturated heterocycles. The molecule has 5 nitrogen and oxygen atoms in total. The average molecular weight is 316 g/mol. The lowest BCUT2D eigenvalue weighted by Gasteiger charge is -2.21. The highest BCUT2D eigenvalue weighted by Crippen LogP contribution is 2.22. The summed E-state index contributed by atoms with van der Waals surface area (Å²) in [5, 5.41) is 0. The highest BCUT2D eigenvalue weighted by molar-refractivity contribution is 6.21. The summed E-state index contributed by atoms with van der Waals surface area (Å²) >= 11 is 0. The molecule has 0 aliphatic carbocycles. The largest absolute Gasteiger partial charge is 0.343 e. The number of carbonyl (C=O) groups is 3. The molecule has 0 N–H and O–H groups in total. The summed E-state index contributed by atoms with van der Waals surface area (Å²) in [5.74, 6) is -0.412. The molecular formula is C18H24N2O3. The summed E-state index contributed by atoms with van der Waals surface area (Å²) in [6.07, 6.45) is 2.93. The molecule has 1 heterocycles. The van der Waals surface area contributed by atoms with Crippen molar-refractivity contribution < 1.29 is 14.4 Å². The molecule has 0 bridgehead atoms. The third-order valence-electron chi connectivity index (χ3n) is 4.17. The second-order valence-corrected chi connectivity index (χ2v) is 5.74. The standard InChI is InChI=1S/C18H24N2O3/c1-3-5-12-19(4-2)16(21)11-8-13-20-17(22)14-9-6-7-10-15(14)18(20)23/h6-7,9-10H,3-5,8,11-13H2,1-2H3. The Morgan fingerprint density at radius 1 is 1.04 bits per heavy atom. The molecule has 0 radical (unpaired) electrons. The lowest BCUT2D eigenvalue weighted by molar-refractivity contribution is -0.131. The maximum Gasteiger partial charge on any atom is 0.261 e. The molecule has 0 aromatic heterocycles. The molecular weight excluding hydrogens is 292 g/mol. The number of imide groups is 1. The molecule has 2 rings (SSSR count). The predicted octanol–water partition coefficient (Wildman–Crippen LogP) is 2.71. The first-order valence-corrected chi connectivity index (χ1v) is 8.33. The number of benzene rings is 1. The van der Waals surface area contributed by atoms with Gasteiger partial charge in [0, 0.05) is 26.1 Å². The zero-order valence-corrected chi connectivity index (χ0v) is 13.9. The lowest BCUT2D eigenvalue weighted by atomic mass is 10.1. The van der Waals surface area contributed by atoms with Gasteiger partial charge >= 0.3 is 0 Å². The average Bonchev–Trinajstić information content (AvgIpc) is 2.81. The third-order valence-corrected chi connectivity index (χ3v) is 4.17. The van der Waals surface area contributed by atoms with Gasteiger partial charge in [0.2, 0.25) is 5.91 Å². The molecule has 124 valence electrons. The minimum atomic E-state index is -0.253. The van der Waals surface area contributed by atoms with Crippen LogP contribution in [0.5, 0.6) is 0 Å². The van der Waals surface area contributed by atoms with Crippen molar-refractivity contribution in [1.82, 2.24) is 9.80 Å². The van der Waals surface area contributed by atoms with E-state index in [2.05, 4.69) is 6.92 Å². The van der Waals surface area contributed by atoms with Crippen molar-refractivity contribution in [1.29, 1.82) is 0 Å². The highest BCUT2D eigenvalue weighted by atomic mass is 16.2. The van der Waals surface area contributed by atoms with Crippen LogP contribution >= 0.6 is 0 Å². The first-order valence-electron chi connectivity index (χ1n) is 8.33. The maximum absolute atomic E-state index is 12.2. The Morgan fingerprint density at radius 2 is 1.65 bits per heavy atom. The maximum atomic E-state index is 12.2. The second kappa shape index (κ2) is 7.90. The number of amides is 3. The van der Waals surface area contributed by atoms with Crippen molar-refractivity contribution in [2.75, 3.05) is 19.6 Å². The molecule has 1 aliphatic heterocycles. The van der Waals surface area contributed by atoms with Crippen molar-refractivity contribution >= 4 is 17.7 Å². The quantitative estimate of drug-likeness (QED) is 0.693. The summed E-state index contributed by atoms with van der Waals surface area (Å²) in [6.45, 7) is 5.84. The first kappa shape index (κ1) is 17.2. The van der Waals surface area contributed by atoms with Gasteiger partial charge in [0.15, 0.2) is 0 Å². The number of nitrogens with zero attached hydrogens (tertiary/aromatic N) is 2. The highest BCUT2D eigenvalue weighted by Gasteiger charge is 2.34. The molecule has 23 heavy (non-hydrogen) atoms. The van der Waals surface area contributed by atoms with Crippen LogP contribution in [-0.4, -0.2) is 47.2 Å². The third kappa shape index (κ3) is 3.78. The number of unbranched alkanes of at least 4 members (excludes halogenated alkanes) is 1. The van der Waals surface area contributed by atoms with E-state index in [0.29, 0.717) is 37.1 Å². The van der Waals surface area contributed by atoms with E-state index in [4.69, 9.17) is 0 Å². The molecule has 3 amide bonds. The lowest BCUT2D eigenvalue weighted by Crippen LogP contribution is -2.34. The SMILES string of the molecule is CCCCN(CC)C(=O)CCCN1C(=O)c2ccccc2C1=O. The Kier molecular flexibility index (Phi) is 5.90. The Labute approximate surface area is 137 Å². The number of hydrogen-bond donors (Lipinski definition) is 0. The van der Waals surface area contributed by atoms with Gasteiger partial charge in [-0.1, -0.05) is 25.5 Å². The van der Waals surface area contributed by atoms with Crippen LogP contribution in [0.15, 0.2) is 24.3 Å². The van der Waals surface area contributed by atoms with Crippen LogP contribution in [0.2, 0.25) is 0 Å². The summed E-state index contributed by atoms with van der Waals surface area (Å²) in [4.78, 5) is 39.7. The summed E-state index contributed by atoms with van der Waals surface area (Å²) in [5.41, 5.74) is 0.920. The van der Waals surface area contributed by atoms with Gasteiger partial charge in [0.1, 0.15) is 0 Å². The van der Waals surface area contributed by atoms with Gasteiger partial charge in [0.25, 0.3) is 11.8 Å². The topological polar surface area (TPSA) is 57.7 Å². The van der Waals surface area contributed by atoms with E-state index in [0.717, 1.165) is 19.4 Å². The van der Waals surface area contributed by atoms with Crippen molar-refractivity contribution in [3.05, 3.63) is 35.4 Å². The Bertz CT molecular complexity index is 563. The van der Waals surface area contributed by atoms with Gasteiger partial charge in [-0.3, -0.25) is 19.3 Å². The Hall–Kier alpha value is -2.17. The number of hydrogen-bond acceptors (Lipinski definition) is 3. The zero-order valence-electron chi connectivity index (χ0n) is 13.9. The molecule has 0 unspecified atom stereocenters. The van der Waals surface area contributed by atoms with Gasteiger partial charge in [0.05, 0.1) is 11.1 Å². The van der Waals surface area contributed by atoms with E-state index in [1.165, 1.54) is 4.90 Å². The number of carbonyl (C=O) groups excluding carboxylic acids is 3. The van der Waals surface area contributed by atoms with Crippen LogP contribution < -0.4 is 0 Å². The zero-order chi connectivity index (χ0) is 16.8. The van der Waals surface area contributed by atoms with Crippen molar-refractivity contribution in [2.24, 2.45) is 0 Å². The van der Waals surface area contributed by atoms with E-state index in [-0.39, 0.29) is 17.7 Å². The van der Waals surface area contributed by atoms with Crippen LogP contribution in [0.1, 0.15) is 60.2 Å². The monoisotopic (exact) mass is 316 g/mol.